The molecule has 0 aliphatic heterocycles. The van der Waals surface area contributed by atoms with E-state index >= 15 is 0 Å². The average Bonchev–Trinajstić information content (AvgIpc) is 2.26. The van der Waals surface area contributed by atoms with E-state index in [9.17, 15) is 13.6 Å². The van der Waals surface area contributed by atoms with E-state index in [0.717, 1.165) is 0 Å². The number of hydrogen-bond donors (Lipinski definition) is 1. The summed E-state index contributed by atoms with van der Waals surface area (Å²) in [4.78, 5) is 10.7. The van der Waals surface area contributed by atoms with Crippen LogP contribution in [0.5, 0.6) is 5.75 Å². The summed E-state index contributed by atoms with van der Waals surface area (Å²) >= 11 is 5.56. The normalized spacial score (nSPS) is 10.7. The van der Waals surface area contributed by atoms with Gasteiger partial charge < -0.3 is 9.84 Å². The van der Waals surface area contributed by atoms with Crippen LogP contribution in [0.2, 0.25) is 0 Å². The quantitative estimate of drug-likeness (QED) is 0.780. The van der Waals surface area contributed by atoms with Crippen LogP contribution < -0.4 is 4.74 Å². The highest BCUT2D eigenvalue weighted by molar-refractivity contribution is 6.17. The van der Waals surface area contributed by atoms with E-state index in [4.69, 9.17) is 16.7 Å². The van der Waals surface area contributed by atoms with Gasteiger partial charge in [0, 0.05) is 5.88 Å². The minimum Gasteiger partial charge on any atom is -0.481 e. The Labute approximate surface area is 108 Å². The lowest BCUT2D eigenvalue weighted by molar-refractivity contribution is -0.136. The molecule has 0 spiro atoms. The van der Waals surface area contributed by atoms with Gasteiger partial charge in [0.15, 0.2) is 0 Å². The Hall–Kier alpha value is -1.36. The molecule has 0 aromatic heterocycles. The number of halogens is 3. The van der Waals surface area contributed by atoms with E-state index in [1.54, 1.807) is 6.07 Å². The highest BCUT2D eigenvalue weighted by Gasteiger charge is 2.14. The van der Waals surface area contributed by atoms with Crippen molar-refractivity contribution in [3.8, 4) is 5.75 Å². The van der Waals surface area contributed by atoms with Crippen LogP contribution in [0.3, 0.4) is 0 Å². The summed E-state index contributed by atoms with van der Waals surface area (Å²) in [6, 6.07) is 4.50. The summed E-state index contributed by atoms with van der Waals surface area (Å²) in [6.45, 7) is -2.93. The topological polar surface area (TPSA) is 46.5 Å². The molecule has 0 bridgehead atoms. The molecule has 0 amide bonds. The number of aliphatic carboxylic acids is 1. The van der Waals surface area contributed by atoms with Gasteiger partial charge in [-0.1, -0.05) is 12.1 Å². The lowest BCUT2D eigenvalue weighted by atomic mass is 9.99. The van der Waals surface area contributed by atoms with Crippen molar-refractivity contribution >= 4 is 17.6 Å². The minimum absolute atomic E-state index is 0.0221. The zero-order valence-corrected chi connectivity index (χ0v) is 10.3. The average molecular weight is 279 g/mol. The van der Waals surface area contributed by atoms with Crippen molar-refractivity contribution < 1.29 is 23.4 Å². The first-order valence-electron chi connectivity index (χ1n) is 5.38. The fraction of sp³-hybridized carbons (Fsp3) is 0.417. The van der Waals surface area contributed by atoms with Crippen LogP contribution in [0.1, 0.15) is 17.5 Å². The van der Waals surface area contributed by atoms with E-state index < -0.39 is 12.6 Å². The molecule has 0 aliphatic carbocycles. The van der Waals surface area contributed by atoms with Gasteiger partial charge in [0.05, 0.1) is 6.42 Å². The largest absolute Gasteiger partial charge is 0.481 e. The Kier molecular flexibility index (Phi) is 5.85. The molecule has 0 radical (unpaired) electrons. The lowest BCUT2D eigenvalue weighted by Gasteiger charge is -2.14. The zero-order chi connectivity index (χ0) is 13.5. The maximum atomic E-state index is 12.3. The molecule has 100 valence electrons. The molecule has 1 rings (SSSR count). The molecule has 1 aromatic rings. The van der Waals surface area contributed by atoms with Gasteiger partial charge in [-0.2, -0.15) is 8.78 Å². The van der Waals surface area contributed by atoms with Crippen molar-refractivity contribution in [2.45, 2.75) is 25.9 Å². The van der Waals surface area contributed by atoms with Crippen LogP contribution in [0.25, 0.3) is 0 Å². The van der Waals surface area contributed by atoms with Gasteiger partial charge in [-0.25, -0.2) is 0 Å². The standard InChI is InChI=1S/C12H13ClF2O3/c13-6-2-4-9-8(7-11(16)17)3-1-5-10(9)18-12(14)15/h1,3,5,12H,2,4,6-7H2,(H,16,17). The van der Waals surface area contributed by atoms with Crippen LogP contribution in [0.4, 0.5) is 8.78 Å². The first kappa shape index (κ1) is 14.7. The SMILES string of the molecule is O=C(O)Cc1cccc(OC(F)F)c1CCCCl. The number of benzene rings is 1. The summed E-state index contributed by atoms with van der Waals surface area (Å²) in [6.07, 6.45) is 0.755. The first-order chi connectivity index (χ1) is 8.54. The fourth-order valence-electron chi connectivity index (χ4n) is 1.67. The van der Waals surface area contributed by atoms with Crippen molar-refractivity contribution in [1.82, 2.24) is 0 Å². The number of rotatable bonds is 7. The monoisotopic (exact) mass is 278 g/mol. The van der Waals surface area contributed by atoms with Crippen molar-refractivity contribution in [3.63, 3.8) is 0 Å². The molecular formula is C12H13ClF2O3. The third kappa shape index (κ3) is 4.49. The Morgan fingerprint density at radius 2 is 2.17 bits per heavy atom. The Morgan fingerprint density at radius 1 is 1.44 bits per heavy atom. The van der Waals surface area contributed by atoms with Crippen molar-refractivity contribution in [3.05, 3.63) is 29.3 Å². The fourth-order valence-corrected chi connectivity index (χ4v) is 1.81. The highest BCUT2D eigenvalue weighted by Crippen LogP contribution is 2.26. The number of ether oxygens (including phenoxy) is 1. The molecule has 3 nitrogen and oxygen atoms in total. The zero-order valence-electron chi connectivity index (χ0n) is 9.54. The van der Waals surface area contributed by atoms with Crippen LogP contribution >= 0.6 is 11.6 Å². The Morgan fingerprint density at radius 3 is 2.72 bits per heavy atom. The number of carboxylic acid groups (broad SMARTS) is 1. The second kappa shape index (κ2) is 7.16. The van der Waals surface area contributed by atoms with E-state index in [-0.39, 0.29) is 12.2 Å². The van der Waals surface area contributed by atoms with Crippen LogP contribution in [0.15, 0.2) is 18.2 Å². The van der Waals surface area contributed by atoms with Crippen LogP contribution in [-0.2, 0) is 17.6 Å². The number of carbonyl (C=O) groups is 1. The smallest absolute Gasteiger partial charge is 0.387 e. The maximum Gasteiger partial charge on any atom is 0.387 e. The van der Waals surface area contributed by atoms with E-state index in [0.29, 0.717) is 29.8 Å². The van der Waals surface area contributed by atoms with Gasteiger partial charge in [0.1, 0.15) is 5.75 Å². The Bertz CT molecular complexity index is 410. The molecule has 0 unspecified atom stereocenters. The molecular weight excluding hydrogens is 266 g/mol. The molecule has 1 N–H and O–H groups in total. The van der Waals surface area contributed by atoms with Gasteiger partial charge in [-0.05, 0) is 30.0 Å². The van der Waals surface area contributed by atoms with Gasteiger partial charge in [-0.15, -0.1) is 11.6 Å². The molecule has 0 saturated carbocycles. The summed E-state index contributed by atoms with van der Waals surface area (Å²) in [7, 11) is 0. The van der Waals surface area contributed by atoms with Gasteiger partial charge in [-0.3, -0.25) is 4.79 Å². The molecule has 0 atom stereocenters. The third-order valence-electron chi connectivity index (χ3n) is 2.35. The summed E-state index contributed by atoms with van der Waals surface area (Å²) in [5.41, 5.74) is 0.964. The molecule has 18 heavy (non-hydrogen) atoms. The second-order valence-electron chi connectivity index (χ2n) is 3.64. The van der Waals surface area contributed by atoms with E-state index in [2.05, 4.69) is 4.74 Å². The van der Waals surface area contributed by atoms with Crippen molar-refractivity contribution in [2.75, 3.05) is 5.88 Å². The van der Waals surface area contributed by atoms with Gasteiger partial charge >= 0.3 is 12.6 Å². The molecule has 0 heterocycles. The third-order valence-corrected chi connectivity index (χ3v) is 2.62. The summed E-state index contributed by atoms with van der Waals surface area (Å²) in [5.74, 6) is -0.625. The molecule has 0 fully saturated rings. The van der Waals surface area contributed by atoms with Crippen LogP contribution in [-0.4, -0.2) is 23.6 Å². The molecule has 6 heteroatoms. The van der Waals surface area contributed by atoms with Crippen LogP contribution in [0, 0.1) is 0 Å². The summed E-state index contributed by atoms with van der Waals surface area (Å²) < 4.78 is 28.9. The number of hydrogen-bond acceptors (Lipinski definition) is 2. The van der Waals surface area contributed by atoms with Crippen molar-refractivity contribution in [1.29, 1.82) is 0 Å². The maximum absolute atomic E-state index is 12.3. The van der Waals surface area contributed by atoms with Crippen molar-refractivity contribution in [2.24, 2.45) is 0 Å². The van der Waals surface area contributed by atoms with E-state index in [1.807, 2.05) is 0 Å². The number of alkyl halides is 3. The molecule has 0 saturated heterocycles. The first-order valence-corrected chi connectivity index (χ1v) is 5.91. The lowest BCUT2D eigenvalue weighted by Crippen LogP contribution is -2.09. The second-order valence-corrected chi connectivity index (χ2v) is 4.01. The highest BCUT2D eigenvalue weighted by atomic mass is 35.5. The predicted octanol–water partition coefficient (Wildman–Crippen LogP) is 3.09. The minimum atomic E-state index is -2.93. The summed E-state index contributed by atoms with van der Waals surface area (Å²) in [5, 5.41) is 8.77. The number of carboxylic acids is 1. The van der Waals surface area contributed by atoms with E-state index in [1.165, 1.54) is 12.1 Å². The molecule has 1 aromatic carbocycles. The Balaban J connectivity index is 3.03. The van der Waals surface area contributed by atoms with Gasteiger partial charge in [0.25, 0.3) is 0 Å². The van der Waals surface area contributed by atoms with Gasteiger partial charge in [0.2, 0.25) is 0 Å². The predicted molar refractivity (Wildman–Crippen MR) is 63.5 cm³/mol. The molecule has 0 aliphatic rings.